The predicted molar refractivity (Wildman–Crippen MR) is 132 cm³/mol. The molecule has 0 aliphatic heterocycles. The molecule has 1 N–H and O–H groups in total. The number of anilines is 2. The van der Waals surface area contributed by atoms with Crippen LogP contribution in [-0.4, -0.2) is 31.7 Å². The number of aromatic nitrogens is 5. The number of fused-ring (bicyclic) bond motifs is 1. The summed E-state index contributed by atoms with van der Waals surface area (Å²) in [6.45, 7) is 3.87. The van der Waals surface area contributed by atoms with Crippen LogP contribution in [0.25, 0.3) is 16.2 Å². The van der Waals surface area contributed by atoms with Crippen molar-refractivity contribution in [2.75, 3.05) is 12.4 Å². The van der Waals surface area contributed by atoms with E-state index in [1.807, 2.05) is 72.3 Å². The number of nitrogens with one attached hydrogen (secondary N) is 1. The van der Waals surface area contributed by atoms with Gasteiger partial charge in [0.2, 0.25) is 10.9 Å². The Morgan fingerprint density at radius 3 is 2.61 bits per heavy atom. The standard InChI is InChI=1S/C24H21ClN6OS/c1-14-19(12-16-8-10-17(25)11-9-16)22(27-15(2)26-14)28-23-29-24-31(30-23)20(13-33-24)18-6-4-5-7-21(18)32-3/h4-11,13H,12H2,1-3H3,(H,26,27,28,30). The van der Waals surface area contributed by atoms with Crippen molar-refractivity contribution < 1.29 is 4.74 Å². The van der Waals surface area contributed by atoms with Gasteiger partial charge in [-0.15, -0.1) is 16.4 Å². The molecule has 2 aromatic carbocycles. The average Bonchev–Trinajstić information content (AvgIpc) is 3.37. The van der Waals surface area contributed by atoms with Gasteiger partial charge in [0.1, 0.15) is 17.4 Å². The molecule has 0 saturated carbocycles. The van der Waals surface area contributed by atoms with Crippen LogP contribution in [0.3, 0.4) is 0 Å². The van der Waals surface area contributed by atoms with E-state index in [2.05, 4.69) is 20.3 Å². The number of hydrogen-bond donors (Lipinski definition) is 1. The zero-order valence-electron chi connectivity index (χ0n) is 18.3. The monoisotopic (exact) mass is 476 g/mol. The largest absolute Gasteiger partial charge is 0.496 e. The van der Waals surface area contributed by atoms with Crippen molar-refractivity contribution in [1.82, 2.24) is 24.6 Å². The van der Waals surface area contributed by atoms with Gasteiger partial charge in [-0.3, -0.25) is 0 Å². The van der Waals surface area contributed by atoms with Crippen LogP contribution in [0.5, 0.6) is 5.75 Å². The molecule has 3 heterocycles. The zero-order valence-corrected chi connectivity index (χ0v) is 19.9. The lowest BCUT2D eigenvalue weighted by Crippen LogP contribution is -2.07. The molecule has 0 amide bonds. The molecule has 0 saturated heterocycles. The highest BCUT2D eigenvalue weighted by atomic mass is 35.5. The normalized spacial score (nSPS) is 11.2. The zero-order chi connectivity index (χ0) is 22.9. The summed E-state index contributed by atoms with van der Waals surface area (Å²) in [5.74, 6) is 2.65. The highest BCUT2D eigenvalue weighted by molar-refractivity contribution is 7.15. The number of halogens is 1. The van der Waals surface area contributed by atoms with Crippen LogP contribution >= 0.6 is 22.9 Å². The fraction of sp³-hybridized carbons (Fsp3) is 0.167. The first kappa shape index (κ1) is 21.4. The minimum absolute atomic E-state index is 0.479. The second kappa shape index (κ2) is 8.80. The summed E-state index contributed by atoms with van der Waals surface area (Å²) in [6.07, 6.45) is 0.667. The summed E-state index contributed by atoms with van der Waals surface area (Å²) in [5, 5.41) is 10.8. The molecule has 5 rings (SSSR count). The van der Waals surface area contributed by atoms with Crippen LogP contribution in [0, 0.1) is 13.8 Å². The van der Waals surface area contributed by atoms with Crippen molar-refractivity contribution in [3.8, 4) is 17.0 Å². The van der Waals surface area contributed by atoms with Crippen molar-refractivity contribution in [2.45, 2.75) is 20.3 Å². The number of nitrogens with zero attached hydrogens (tertiary/aromatic N) is 5. The van der Waals surface area contributed by atoms with Crippen LogP contribution in [0.15, 0.2) is 53.9 Å². The quantitative estimate of drug-likeness (QED) is 0.330. The van der Waals surface area contributed by atoms with Crippen LogP contribution in [-0.2, 0) is 6.42 Å². The molecule has 0 atom stereocenters. The van der Waals surface area contributed by atoms with E-state index in [1.165, 1.54) is 11.3 Å². The van der Waals surface area contributed by atoms with Crippen molar-refractivity contribution >= 4 is 39.7 Å². The Labute approximate surface area is 200 Å². The van der Waals surface area contributed by atoms with Crippen LogP contribution in [0.2, 0.25) is 5.02 Å². The van der Waals surface area contributed by atoms with E-state index in [-0.39, 0.29) is 0 Å². The smallest absolute Gasteiger partial charge is 0.249 e. The third-order valence-electron chi connectivity index (χ3n) is 5.31. The third kappa shape index (κ3) is 4.27. The van der Waals surface area contributed by atoms with Gasteiger partial charge in [-0.2, -0.15) is 4.98 Å². The lowest BCUT2D eigenvalue weighted by molar-refractivity contribution is 0.416. The number of methoxy groups -OCH3 is 1. The SMILES string of the molecule is COc1ccccc1-c1csc2nc(Nc3nc(C)nc(C)c3Cc3ccc(Cl)cc3)nn12. The predicted octanol–water partition coefficient (Wildman–Crippen LogP) is 5.86. The third-order valence-corrected chi connectivity index (χ3v) is 6.38. The lowest BCUT2D eigenvalue weighted by atomic mass is 10.0. The molecule has 0 aliphatic rings. The molecule has 166 valence electrons. The maximum atomic E-state index is 6.05. The number of aryl methyl sites for hydroxylation is 2. The van der Waals surface area contributed by atoms with Crippen molar-refractivity contribution in [3.05, 3.63) is 81.6 Å². The van der Waals surface area contributed by atoms with E-state index in [1.54, 1.807) is 7.11 Å². The number of thiazole rings is 1. The van der Waals surface area contributed by atoms with E-state index in [0.29, 0.717) is 29.0 Å². The Morgan fingerprint density at radius 1 is 1.03 bits per heavy atom. The molecule has 5 aromatic rings. The maximum absolute atomic E-state index is 6.05. The number of hydrogen-bond acceptors (Lipinski definition) is 7. The number of ether oxygens (including phenoxy) is 1. The molecular formula is C24H21ClN6OS. The molecular weight excluding hydrogens is 456 g/mol. The van der Waals surface area contributed by atoms with Gasteiger partial charge >= 0.3 is 0 Å². The van der Waals surface area contributed by atoms with Crippen molar-refractivity contribution in [1.29, 1.82) is 0 Å². The number of benzene rings is 2. The molecule has 3 aromatic heterocycles. The summed E-state index contributed by atoms with van der Waals surface area (Å²) < 4.78 is 7.35. The Balaban J connectivity index is 1.51. The van der Waals surface area contributed by atoms with Gasteiger partial charge in [-0.25, -0.2) is 14.5 Å². The van der Waals surface area contributed by atoms with Crippen LogP contribution in [0.4, 0.5) is 11.8 Å². The summed E-state index contributed by atoms with van der Waals surface area (Å²) in [7, 11) is 1.67. The molecule has 33 heavy (non-hydrogen) atoms. The molecule has 0 unspecified atom stereocenters. The number of para-hydroxylation sites is 1. The van der Waals surface area contributed by atoms with E-state index < -0.39 is 0 Å². The summed E-state index contributed by atoms with van der Waals surface area (Å²) in [4.78, 5) is 14.7. The van der Waals surface area contributed by atoms with Gasteiger partial charge < -0.3 is 10.1 Å². The molecule has 0 aliphatic carbocycles. The van der Waals surface area contributed by atoms with Gasteiger partial charge in [0, 0.05) is 33.6 Å². The van der Waals surface area contributed by atoms with E-state index in [9.17, 15) is 0 Å². The van der Waals surface area contributed by atoms with Crippen LogP contribution in [0.1, 0.15) is 22.6 Å². The Morgan fingerprint density at radius 2 is 1.82 bits per heavy atom. The Bertz CT molecular complexity index is 1440. The summed E-state index contributed by atoms with van der Waals surface area (Å²) >= 11 is 7.57. The van der Waals surface area contributed by atoms with Crippen molar-refractivity contribution in [3.63, 3.8) is 0 Å². The first-order valence-electron chi connectivity index (χ1n) is 10.3. The fourth-order valence-corrected chi connectivity index (χ4v) is 4.69. The lowest BCUT2D eigenvalue weighted by Gasteiger charge is -2.12. The number of rotatable bonds is 6. The molecule has 0 radical (unpaired) electrons. The fourth-order valence-electron chi connectivity index (χ4n) is 3.74. The molecule has 9 heteroatoms. The van der Waals surface area contributed by atoms with Gasteiger partial charge in [-0.1, -0.05) is 35.9 Å². The van der Waals surface area contributed by atoms with E-state index in [4.69, 9.17) is 21.4 Å². The highest BCUT2D eigenvalue weighted by Gasteiger charge is 2.17. The highest BCUT2D eigenvalue weighted by Crippen LogP contribution is 2.33. The van der Waals surface area contributed by atoms with Crippen molar-refractivity contribution in [2.24, 2.45) is 0 Å². The average molecular weight is 477 g/mol. The second-order valence-electron chi connectivity index (χ2n) is 7.56. The van der Waals surface area contributed by atoms with E-state index in [0.717, 1.165) is 38.8 Å². The Hall–Kier alpha value is -3.49. The van der Waals surface area contributed by atoms with Crippen LogP contribution < -0.4 is 10.1 Å². The Kier molecular flexibility index (Phi) is 5.70. The molecule has 7 nitrogen and oxygen atoms in total. The van der Waals surface area contributed by atoms with Gasteiger partial charge in [-0.05, 0) is 43.7 Å². The van der Waals surface area contributed by atoms with Gasteiger partial charge in [0.15, 0.2) is 0 Å². The molecule has 0 spiro atoms. The van der Waals surface area contributed by atoms with Gasteiger partial charge in [0.05, 0.1) is 12.8 Å². The topological polar surface area (TPSA) is 77.2 Å². The molecule has 0 fully saturated rings. The van der Waals surface area contributed by atoms with Gasteiger partial charge in [0.25, 0.3) is 0 Å². The minimum atomic E-state index is 0.479. The summed E-state index contributed by atoms with van der Waals surface area (Å²) in [5.41, 5.74) is 4.90. The summed E-state index contributed by atoms with van der Waals surface area (Å²) in [6, 6.07) is 15.7. The minimum Gasteiger partial charge on any atom is -0.496 e. The first-order chi connectivity index (χ1) is 16.0. The molecule has 0 bridgehead atoms. The first-order valence-corrected chi connectivity index (χ1v) is 11.6. The maximum Gasteiger partial charge on any atom is 0.249 e. The second-order valence-corrected chi connectivity index (χ2v) is 8.84. The van der Waals surface area contributed by atoms with E-state index >= 15 is 0 Å².